The Morgan fingerprint density at radius 1 is 1.14 bits per heavy atom. The van der Waals surface area contributed by atoms with E-state index in [1.807, 2.05) is 0 Å². The lowest BCUT2D eigenvalue weighted by atomic mass is 9.99. The maximum Gasteiger partial charge on any atom is 0.306 e. The second-order valence-corrected chi connectivity index (χ2v) is 5.70. The van der Waals surface area contributed by atoms with Crippen LogP contribution >= 0.6 is 0 Å². The van der Waals surface area contributed by atoms with Gasteiger partial charge in [-0.05, 0) is 19.3 Å². The molecule has 3 N–H and O–H groups in total. The molecule has 0 aromatic carbocycles. The number of aliphatic hydroxyl groups is 3. The van der Waals surface area contributed by atoms with Gasteiger partial charge >= 0.3 is 5.97 Å². The van der Waals surface area contributed by atoms with Crippen molar-refractivity contribution in [2.45, 2.75) is 82.7 Å². The minimum Gasteiger partial charge on any atom is -0.459 e. The Morgan fingerprint density at radius 2 is 1.86 bits per heavy atom. The lowest BCUT2D eigenvalue weighted by Crippen LogP contribution is -2.40. The van der Waals surface area contributed by atoms with Gasteiger partial charge in [0, 0.05) is 6.42 Å². The molecule has 0 radical (unpaired) electrons. The van der Waals surface area contributed by atoms with Crippen LogP contribution in [0.15, 0.2) is 12.2 Å². The van der Waals surface area contributed by atoms with Crippen molar-refractivity contribution in [2.24, 2.45) is 0 Å². The van der Waals surface area contributed by atoms with Crippen LogP contribution in [-0.2, 0) is 9.53 Å². The van der Waals surface area contributed by atoms with Gasteiger partial charge in [0.2, 0.25) is 0 Å². The molecule has 0 unspecified atom stereocenters. The molecule has 0 fully saturated rings. The zero-order valence-electron chi connectivity index (χ0n) is 12.8. The van der Waals surface area contributed by atoms with E-state index in [2.05, 4.69) is 6.92 Å². The number of esters is 1. The standard InChI is InChI=1S/C16H28O5/c1-2-3-4-5-6-7-14-16(20)13(18)10-8-12(17)9-11-15(19)21-14/h8,10,12-14,16-18,20H,2-7,9,11H2,1H3/b10-8+/t12-,13-,14+,16+/m1/s1. The summed E-state index contributed by atoms with van der Waals surface area (Å²) in [6, 6.07) is 0. The average molecular weight is 300 g/mol. The molecule has 0 aromatic rings. The fourth-order valence-electron chi connectivity index (χ4n) is 2.41. The van der Waals surface area contributed by atoms with Crippen LogP contribution in [0.2, 0.25) is 0 Å². The predicted molar refractivity (Wildman–Crippen MR) is 79.7 cm³/mol. The summed E-state index contributed by atoms with van der Waals surface area (Å²) in [5.74, 6) is -0.436. The molecular formula is C16H28O5. The normalized spacial score (nSPS) is 32.5. The Balaban J connectivity index is 2.56. The lowest BCUT2D eigenvalue weighted by molar-refractivity contribution is -0.160. The summed E-state index contributed by atoms with van der Waals surface area (Å²) in [4.78, 5) is 11.7. The first-order chi connectivity index (χ1) is 10.0. The van der Waals surface area contributed by atoms with E-state index in [-0.39, 0.29) is 12.8 Å². The van der Waals surface area contributed by atoms with E-state index >= 15 is 0 Å². The summed E-state index contributed by atoms with van der Waals surface area (Å²) >= 11 is 0. The third-order valence-electron chi connectivity index (χ3n) is 3.78. The minimum atomic E-state index is -1.15. The van der Waals surface area contributed by atoms with Crippen molar-refractivity contribution >= 4 is 5.97 Å². The number of carbonyl (C=O) groups excluding carboxylic acids is 1. The first kappa shape index (κ1) is 18.1. The lowest BCUT2D eigenvalue weighted by Gasteiger charge is -2.26. The molecule has 1 rings (SSSR count). The highest BCUT2D eigenvalue weighted by Crippen LogP contribution is 2.18. The number of hydrogen-bond acceptors (Lipinski definition) is 5. The molecular weight excluding hydrogens is 272 g/mol. The molecule has 0 aliphatic carbocycles. The van der Waals surface area contributed by atoms with Gasteiger partial charge < -0.3 is 20.1 Å². The first-order valence-electron chi connectivity index (χ1n) is 7.96. The second-order valence-electron chi connectivity index (χ2n) is 5.70. The fraction of sp³-hybridized carbons (Fsp3) is 0.812. The summed E-state index contributed by atoms with van der Waals surface area (Å²) in [6.45, 7) is 2.14. The van der Waals surface area contributed by atoms with Crippen molar-refractivity contribution in [3.05, 3.63) is 12.2 Å². The van der Waals surface area contributed by atoms with Crippen LogP contribution < -0.4 is 0 Å². The van der Waals surface area contributed by atoms with Crippen molar-refractivity contribution in [2.75, 3.05) is 0 Å². The van der Waals surface area contributed by atoms with E-state index in [1.165, 1.54) is 18.6 Å². The van der Waals surface area contributed by atoms with Gasteiger partial charge in [0.05, 0.1) is 6.10 Å². The molecule has 4 atom stereocenters. The highest BCUT2D eigenvalue weighted by atomic mass is 16.6. The van der Waals surface area contributed by atoms with Gasteiger partial charge in [-0.1, -0.05) is 44.8 Å². The number of aliphatic hydroxyl groups excluding tert-OH is 3. The molecule has 0 bridgehead atoms. The molecule has 5 heteroatoms. The molecule has 0 aromatic heterocycles. The van der Waals surface area contributed by atoms with E-state index in [1.54, 1.807) is 0 Å². The fourth-order valence-corrected chi connectivity index (χ4v) is 2.41. The highest BCUT2D eigenvalue weighted by molar-refractivity contribution is 5.69. The molecule has 0 saturated carbocycles. The van der Waals surface area contributed by atoms with Gasteiger partial charge in [0.1, 0.15) is 18.3 Å². The molecule has 21 heavy (non-hydrogen) atoms. The number of unbranched alkanes of at least 4 members (excludes halogenated alkanes) is 4. The summed E-state index contributed by atoms with van der Waals surface area (Å²) in [5.41, 5.74) is 0. The van der Waals surface area contributed by atoms with E-state index in [4.69, 9.17) is 4.74 Å². The number of cyclic esters (lactones) is 1. The van der Waals surface area contributed by atoms with Crippen LogP contribution in [0.5, 0.6) is 0 Å². The van der Waals surface area contributed by atoms with Gasteiger partial charge in [0.15, 0.2) is 0 Å². The summed E-state index contributed by atoms with van der Waals surface area (Å²) in [7, 11) is 0. The first-order valence-corrected chi connectivity index (χ1v) is 7.96. The van der Waals surface area contributed by atoms with E-state index in [0.29, 0.717) is 6.42 Å². The zero-order chi connectivity index (χ0) is 15.7. The van der Waals surface area contributed by atoms with E-state index in [0.717, 1.165) is 25.7 Å². The summed E-state index contributed by atoms with van der Waals surface area (Å²) in [5, 5.41) is 29.5. The number of hydrogen-bond donors (Lipinski definition) is 3. The van der Waals surface area contributed by atoms with Gasteiger partial charge in [-0.2, -0.15) is 0 Å². The molecule has 122 valence electrons. The Hall–Kier alpha value is -0.910. The predicted octanol–water partition coefficient (Wildman–Crippen LogP) is 1.69. The van der Waals surface area contributed by atoms with Crippen molar-refractivity contribution in [1.82, 2.24) is 0 Å². The Kier molecular flexibility index (Phi) is 8.57. The molecule has 1 aliphatic heterocycles. The Bertz CT molecular complexity index is 329. The zero-order valence-corrected chi connectivity index (χ0v) is 12.8. The van der Waals surface area contributed by atoms with Gasteiger partial charge in [-0.3, -0.25) is 4.79 Å². The maximum atomic E-state index is 11.7. The number of ether oxygens (including phenoxy) is 1. The van der Waals surface area contributed by atoms with Gasteiger partial charge in [0.25, 0.3) is 0 Å². The largest absolute Gasteiger partial charge is 0.459 e. The van der Waals surface area contributed by atoms with E-state index in [9.17, 15) is 20.1 Å². The van der Waals surface area contributed by atoms with Gasteiger partial charge in [-0.15, -0.1) is 0 Å². The molecule has 0 amide bonds. The molecule has 0 spiro atoms. The maximum absolute atomic E-state index is 11.7. The summed E-state index contributed by atoms with van der Waals surface area (Å²) < 4.78 is 5.27. The molecule has 5 nitrogen and oxygen atoms in total. The van der Waals surface area contributed by atoms with Crippen LogP contribution in [-0.4, -0.2) is 45.7 Å². The Labute approximate surface area is 126 Å². The minimum absolute atomic E-state index is 0.112. The molecule has 1 aliphatic rings. The van der Waals surface area contributed by atoms with Crippen LogP contribution in [0.4, 0.5) is 0 Å². The van der Waals surface area contributed by atoms with E-state index < -0.39 is 30.4 Å². The highest BCUT2D eigenvalue weighted by Gasteiger charge is 2.29. The topological polar surface area (TPSA) is 87.0 Å². The smallest absolute Gasteiger partial charge is 0.306 e. The summed E-state index contributed by atoms with van der Waals surface area (Å²) in [6.07, 6.45) is 5.29. The van der Waals surface area contributed by atoms with Crippen LogP contribution in [0.1, 0.15) is 58.3 Å². The van der Waals surface area contributed by atoms with Crippen molar-refractivity contribution in [1.29, 1.82) is 0 Å². The van der Waals surface area contributed by atoms with Crippen LogP contribution in [0.25, 0.3) is 0 Å². The molecule has 0 saturated heterocycles. The third-order valence-corrected chi connectivity index (χ3v) is 3.78. The van der Waals surface area contributed by atoms with Crippen molar-refractivity contribution < 1.29 is 24.9 Å². The van der Waals surface area contributed by atoms with Crippen molar-refractivity contribution in [3.8, 4) is 0 Å². The molecule has 1 heterocycles. The van der Waals surface area contributed by atoms with Crippen LogP contribution in [0.3, 0.4) is 0 Å². The van der Waals surface area contributed by atoms with Crippen molar-refractivity contribution in [3.63, 3.8) is 0 Å². The number of carbonyl (C=O) groups is 1. The monoisotopic (exact) mass is 300 g/mol. The Morgan fingerprint density at radius 3 is 2.57 bits per heavy atom. The quantitative estimate of drug-likeness (QED) is 0.395. The second kappa shape index (κ2) is 9.92. The SMILES string of the molecule is CCCCCCC[C@@H]1OC(=O)CC[C@H](O)/C=C/[C@@H](O)[C@@H]1O. The number of rotatable bonds is 6. The van der Waals surface area contributed by atoms with Gasteiger partial charge in [-0.25, -0.2) is 0 Å². The average Bonchev–Trinajstić information content (AvgIpc) is 2.47. The third kappa shape index (κ3) is 7.07. The van der Waals surface area contributed by atoms with Crippen LogP contribution in [0, 0.1) is 0 Å².